The van der Waals surface area contributed by atoms with Crippen LogP contribution in [0.5, 0.6) is 0 Å². The number of benzene rings is 3. The lowest BCUT2D eigenvalue weighted by molar-refractivity contribution is -0.110. The Morgan fingerprint density at radius 1 is 0.868 bits per heavy atom. The molecule has 4 rings (SSSR count). The first-order valence-corrected chi connectivity index (χ1v) is 13.4. The average Bonchev–Trinajstić information content (AvgIpc) is 3.24. The Labute approximate surface area is 226 Å². The largest absolute Gasteiger partial charge is 0.358 e. The smallest absolute Gasteiger partial charge is 0.258 e. The fourth-order valence-corrected chi connectivity index (χ4v) is 4.95. The molecule has 198 valence electrons. The van der Waals surface area contributed by atoms with Gasteiger partial charge in [-0.2, -0.15) is 0 Å². The molecule has 6 nitrogen and oxygen atoms in total. The molecule has 0 fully saturated rings. The van der Waals surface area contributed by atoms with E-state index in [0.717, 1.165) is 61.7 Å². The fraction of sp³-hybridized carbons (Fsp3) is 0.312. The molecular formula is C32H38N4O2. The third-order valence-corrected chi connectivity index (χ3v) is 6.69. The molecule has 38 heavy (non-hydrogen) atoms. The van der Waals surface area contributed by atoms with Crippen molar-refractivity contribution < 1.29 is 9.59 Å². The summed E-state index contributed by atoms with van der Waals surface area (Å²) >= 11 is 0. The molecule has 0 aliphatic carbocycles. The molecule has 0 unspecified atom stereocenters. The van der Waals surface area contributed by atoms with Crippen LogP contribution in [0.25, 0.3) is 5.57 Å². The Morgan fingerprint density at radius 2 is 1.50 bits per heavy atom. The van der Waals surface area contributed by atoms with Crippen molar-refractivity contribution in [1.82, 2.24) is 9.80 Å². The molecule has 1 aliphatic rings. The quantitative estimate of drug-likeness (QED) is 0.294. The van der Waals surface area contributed by atoms with Crippen LogP contribution in [0.1, 0.15) is 60.7 Å². The Balaban J connectivity index is 1.48. The van der Waals surface area contributed by atoms with E-state index in [1.807, 2.05) is 42.2 Å². The number of carbonyl (C=O) groups is 2. The highest BCUT2D eigenvalue weighted by Gasteiger charge is 2.28. The number of nitrogens with one attached hydrogen (secondary N) is 2. The van der Waals surface area contributed by atoms with Gasteiger partial charge in [0, 0.05) is 54.4 Å². The third kappa shape index (κ3) is 6.50. The van der Waals surface area contributed by atoms with Gasteiger partial charge in [-0.05, 0) is 68.3 Å². The highest BCUT2D eigenvalue weighted by Crippen LogP contribution is 2.35. The van der Waals surface area contributed by atoms with Crippen molar-refractivity contribution >= 4 is 28.8 Å². The maximum Gasteiger partial charge on any atom is 0.258 e. The summed E-state index contributed by atoms with van der Waals surface area (Å²) < 4.78 is 0. The van der Waals surface area contributed by atoms with Gasteiger partial charge in [-0.25, -0.2) is 0 Å². The van der Waals surface area contributed by atoms with E-state index in [1.165, 1.54) is 11.1 Å². The van der Waals surface area contributed by atoms with Crippen LogP contribution in [0.3, 0.4) is 0 Å². The number of amides is 2. The Bertz CT molecular complexity index is 1290. The normalized spacial score (nSPS) is 13.8. The fourth-order valence-electron chi connectivity index (χ4n) is 4.95. The molecule has 0 atom stereocenters. The van der Waals surface area contributed by atoms with Crippen molar-refractivity contribution in [3.8, 4) is 0 Å². The Morgan fingerprint density at radius 3 is 2.13 bits per heavy atom. The van der Waals surface area contributed by atoms with Crippen molar-refractivity contribution in [2.24, 2.45) is 0 Å². The predicted molar refractivity (Wildman–Crippen MR) is 156 cm³/mol. The van der Waals surface area contributed by atoms with Gasteiger partial charge in [-0.15, -0.1) is 0 Å². The lowest BCUT2D eigenvalue weighted by Gasteiger charge is -2.21. The van der Waals surface area contributed by atoms with E-state index in [0.29, 0.717) is 11.1 Å². The van der Waals surface area contributed by atoms with Gasteiger partial charge in [0.1, 0.15) is 0 Å². The molecule has 2 amide bonds. The van der Waals surface area contributed by atoms with Gasteiger partial charge in [-0.1, -0.05) is 56.3 Å². The van der Waals surface area contributed by atoms with Crippen molar-refractivity contribution in [2.75, 3.05) is 30.8 Å². The van der Waals surface area contributed by atoms with Crippen LogP contribution in [0.2, 0.25) is 0 Å². The predicted octanol–water partition coefficient (Wildman–Crippen LogP) is 6.38. The van der Waals surface area contributed by atoms with Gasteiger partial charge in [-0.3, -0.25) is 14.5 Å². The van der Waals surface area contributed by atoms with Crippen LogP contribution in [0.4, 0.5) is 11.4 Å². The summed E-state index contributed by atoms with van der Waals surface area (Å²) in [4.78, 5) is 30.2. The summed E-state index contributed by atoms with van der Waals surface area (Å²) in [5.74, 6) is -0.152. The molecule has 1 aliphatic heterocycles. The van der Waals surface area contributed by atoms with E-state index < -0.39 is 0 Å². The minimum absolute atomic E-state index is 0.00799. The van der Waals surface area contributed by atoms with E-state index in [2.05, 4.69) is 72.8 Å². The molecule has 0 saturated carbocycles. The van der Waals surface area contributed by atoms with E-state index in [4.69, 9.17) is 0 Å². The molecule has 3 aromatic rings. The summed E-state index contributed by atoms with van der Waals surface area (Å²) in [5.41, 5.74) is 6.84. The Kier molecular flexibility index (Phi) is 8.98. The topological polar surface area (TPSA) is 64.7 Å². The first kappa shape index (κ1) is 27.1. The standard InChI is InChI=1S/C32H38N4O2/c1-5-18-36(19-6-2)32(38)26-14-17-29-28(20-26)30(31(37)34-29)23(3)33-27-15-12-25(13-16-27)22-35(4)21-24-10-8-7-9-11-24/h7-17,20,33H,5-6,18-19,21-22H2,1-4H3,(H,34,37)/b30-23-. The van der Waals surface area contributed by atoms with Crippen molar-refractivity contribution in [2.45, 2.75) is 46.7 Å². The maximum absolute atomic E-state index is 13.2. The van der Waals surface area contributed by atoms with Gasteiger partial charge in [0.05, 0.1) is 5.57 Å². The highest BCUT2D eigenvalue weighted by atomic mass is 16.2. The first-order chi connectivity index (χ1) is 18.4. The van der Waals surface area contributed by atoms with Crippen molar-refractivity contribution in [1.29, 1.82) is 0 Å². The number of hydrogen-bond donors (Lipinski definition) is 2. The van der Waals surface area contributed by atoms with Crippen molar-refractivity contribution in [3.63, 3.8) is 0 Å². The summed E-state index contributed by atoms with van der Waals surface area (Å²) in [6, 6.07) is 24.2. The van der Waals surface area contributed by atoms with Gasteiger partial charge < -0.3 is 15.5 Å². The van der Waals surface area contributed by atoms with Crippen LogP contribution in [-0.4, -0.2) is 41.8 Å². The molecule has 0 bridgehead atoms. The van der Waals surface area contributed by atoms with E-state index in [-0.39, 0.29) is 11.8 Å². The van der Waals surface area contributed by atoms with Gasteiger partial charge in [0.2, 0.25) is 0 Å². The lowest BCUT2D eigenvalue weighted by atomic mass is 10.0. The van der Waals surface area contributed by atoms with Gasteiger partial charge >= 0.3 is 0 Å². The highest BCUT2D eigenvalue weighted by molar-refractivity contribution is 6.32. The molecule has 2 N–H and O–H groups in total. The number of nitrogens with zero attached hydrogens (tertiary/aromatic N) is 2. The zero-order chi connectivity index (χ0) is 27.1. The summed E-state index contributed by atoms with van der Waals surface area (Å²) in [6.07, 6.45) is 1.82. The van der Waals surface area contributed by atoms with E-state index in [9.17, 15) is 9.59 Å². The van der Waals surface area contributed by atoms with Crippen LogP contribution < -0.4 is 10.6 Å². The van der Waals surface area contributed by atoms with E-state index >= 15 is 0 Å². The lowest BCUT2D eigenvalue weighted by Crippen LogP contribution is -2.32. The number of anilines is 2. The molecule has 1 heterocycles. The molecule has 3 aromatic carbocycles. The minimum Gasteiger partial charge on any atom is -0.358 e. The average molecular weight is 511 g/mol. The van der Waals surface area contributed by atoms with E-state index in [1.54, 1.807) is 6.07 Å². The second kappa shape index (κ2) is 12.6. The SMILES string of the molecule is CCCN(CCC)C(=O)c1ccc2c(c1)/C(=C(\C)Nc1ccc(CN(C)Cc3ccccc3)cc1)C(=O)N2. The monoisotopic (exact) mass is 510 g/mol. The Hall–Kier alpha value is -3.90. The van der Waals surface area contributed by atoms with Crippen LogP contribution in [0.15, 0.2) is 78.5 Å². The molecule has 6 heteroatoms. The number of allylic oxidation sites excluding steroid dienone is 1. The van der Waals surface area contributed by atoms with Gasteiger partial charge in [0.15, 0.2) is 0 Å². The number of hydrogen-bond acceptors (Lipinski definition) is 4. The summed E-state index contributed by atoms with van der Waals surface area (Å²) in [5, 5.41) is 6.34. The number of carbonyl (C=O) groups excluding carboxylic acids is 2. The number of rotatable bonds is 11. The summed E-state index contributed by atoms with van der Waals surface area (Å²) in [6.45, 7) is 9.24. The molecule has 0 radical (unpaired) electrons. The zero-order valence-corrected chi connectivity index (χ0v) is 22.9. The summed E-state index contributed by atoms with van der Waals surface area (Å²) in [7, 11) is 2.12. The van der Waals surface area contributed by atoms with Crippen LogP contribution in [0, 0.1) is 0 Å². The maximum atomic E-state index is 13.2. The first-order valence-electron chi connectivity index (χ1n) is 13.4. The second-order valence-corrected chi connectivity index (χ2v) is 9.99. The van der Waals surface area contributed by atoms with Crippen LogP contribution >= 0.6 is 0 Å². The minimum atomic E-state index is -0.160. The molecule has 0 aromatic heterocycles. The third-order valence-electron chi connectivity index (χ3n) is 6.69. The molecule has 0 saturated heterocycles. The van der Waals surface area contributed by atoms with Crippen LogP contribution in [-0.2, 0) is 17.9 Å². The molecule has 0 spiro atoms. The molecular weight excluding hydrogens is 472 g/mol. The number of fused-ring (bicyclic) bond motifs is 1. The zero-order valence-electron chi connectivity index (χ0n) is 22.9. The van der Waals surface area contributed by atoms with Gasteiger partial charge in [0.25, 0.3) is 11.8 Å². The second-order valence-electron chi connectivity index (χ2n) is 9.99. The van der Waals surface area contributed by atoms with Crippen molar-refractivity contribution in [3.05, 3.63) is 101 Å².